The number of rotatable bonds is 15. The lowest BCUT2D eigenvalue weighted by Gasteiger charge is -2.22. The number of esters is 1. The molecular formula is C26H44O8. The molecule has 0 aliphatic carbocycles. The highest BCUT2D eigenvalue weighted by Crippen LogP contribution is 2.36. The zero-order valence-electron chi connectivity index (χ0n) is 21.0. The second kappa shape index (κ2) is 13.5. The van der Waals surface area contributed by atoms with Crippen molar-refractivity contribution in [1.82, 2.24) is 0 Å². The van der Waals surface area contributed by atoms with Crippen molar-refractivity contribution < 1.29 is 38.0 Å². The van der Waals surface area contributed by atoms with Crippen LogP contribution in [0.3, 0.4) is 0 Å². The van der Waals surface area contributed by atoms with Crippen molar-refractivity contribution in [3.63, 3.8) is 0 Å². The minimum Gasteiger partial charge on any atom is -0.457 e. The first kappa shape index (κ1) is 26.3. The molecule has 4 rings (SSSR count). The third-order valence-corrected chi connectivity index (χ3v) is 7.38. The molecular weight excluding hydrogens is 440 g/mol. The van der Waals surface area contributed by atoms with Gasteiger partial charge in [-0.2, -0.15) is 0 Å². The molecule has 0 unspecified atom stereocenters. The predicted molar refractivity (Wildman–Crippen MR) is 125 cm³/mol. The highest BCUT2D eigenvalue weighted by molar-refractivity contribution is 5.66. The lowest BCUT2D eigenvalue weighted by Crippen LogP contribution is -2.37. The van der Waals surface area contributed by atoms with Gasteiger partial charge in [-0.25, -0.2) is 0 Å². The van der Waals surface area contributed by atoms with Crippen molar-refractivity contribution in [2.24, 2.45) is 0 Å². The van der Waals surface area contributed by atoms with Gasteiger partial charge in [0.25, 0.3) is 0 Å². The molecule has 0 N–H and O–H groups in total. The summed E-state index contributed by atoms with van der Waals surface area (Å²) in [5.74, 6) is -0.322. The molecule has 8 nitrogen and oxygen atoms in total. The molecule has 0 amide bonds. The number of ether oxygens (including phenoxy) is 7. The van der Waals surface area contributed by atoms with Crippen LogP contribution in [0.1, 0.15) is 84.5 Å². The van der Waals surface area contributed by atoms with Crippen molar-refractivity contribution in [3.8, 4) is 0 Å². The Morgan fingerprint density at radius 3 is 2.09 bits per heavy atom. The Morgan fingerprint density at radius 2 is 1.38 bits per heavy atom. The number of carbonyl (C=O) groups is 1. The minimum atomic E-state index is -0.407. The molecule has 196 valence electrons. The molecule has 0 saturated carbocycles. The van der Waals surface area contributed by atoms with E-state index in [2.05, 4.69) is 6.92 Å². The number of hydrogen-bond donors (Lipinski definition) is 0. The minimum absolute atomic E-state index is 0.0299. The summed E-state index contributed by atoms with van der Waals surface area (Å²) in [7, 11) is 0. The lowest BCUT2D eigenvalue weighted by atomic mass is 10.1. The van der Waals surface area contributed by atoms with Crippen LogP contribution in [0.4, 0.5) is 0 Å². The SMILES string of the molecule is CCCCCCCCCCCCO[C@@H]1CO[C@H]2[C@@H]1OC[C@@H]2O[C@H]1C[C@H]2OC[C@@H](OC(C)=O)[C@H]2O1. The van der Waals surface area contributed by atoms with E-state index in [9.17, 15) is 4.79 Å². The third kappa shape index (κ3) is 7.14. The Bertz CT molecular complexity index is 616. The standard InChI is InChI=1S/C26H44O8/c1-3-4-5-6-7-8-9-10-11-12-13-28-20-15-30-26-22(17-31-25(20)26)33-23-14-19-24(34-23)21(16-29-19)32-18(2)27/h19-26H,3-17H2,1-2H3/t19-,20-,21-,22+,23-,24+,25-,26-/m1/s1. The van der Waals surface area contributed by atoms with Gasteiger partial charge in [0.1, 0.15) is 30.5 Å². The van der Waals surface area contributed by atoms with Gasteiger partial charge in [-0.05, 0) is 6.42 Å². The summed E-state index contributed by atoms with van der Waals surface area (Å²) in [6, 6.07) is 0. The van der Waals surface area contributed by atoms with Crippen LogP contribution in [0.5, 0.6) is 0 Å². The van der Waals surface area contributed by atoms with Crippen molar-refractivity contribution >= 4 is 5.97 Å². The zero-order valence-corrected chi connectivity index (χ0v) is 21.0. The van der Waals surface area contributed by atoms with Gasteiger partial charge >= 0.3 is 5.97 Å². The summed E-state index contributed by atoms with van der Waals surface area (Å²) in [5.41, 5.74) is 0. The average Bonchev–Trinajstić information content (AvgIpc) is 3.57. The molecule has 0 aromatic heterocycles. The molecule has 4 heterocycles. The summed E-state index contributed by atoms with van der Waals surface area (Å²) in [6.07, 6.45) is 12.2. The van der Waals surface area contributed by atoms with Crippen LogP contribution >= 0.6 is 0 Å². The highest BCUT2D eigenvalue weighted by Gasteiger charge is 2.52. The second-order valence-corrected chi connectivity index (χ2v) is 10.1. The monoisotopic (exact) mass is 484 g/mol. The molecule has 4 saturated heterocycles. The first-order chi connectivity index (χ1) is 16.7. The van der Waals surface area contributed by atoms with Gasteiger partial charge in [0.15, 0.2) is 12.4 Å². The van der Waals surface area contributed by atoms with Crippen molar-refractivity contribution in [3.05, 3.63) is 0 Å². The summed E-state index contributed by atoms with van der Waals surface area (Å²) in [6.45, 7) is 5.81. The maximum absolute atomic E-state index is 11.3. The van der Waals surface area contributed by atoms with Crippen LogP contribution in [0.2, 0.25) is 0 Å². The maximum Gasteiger partial charge on any atom is 0.303 e. The van der Waals surface area contributed by atoms with E-state index < -0.39 is 6.29 Å². The van der Waals surface area contributed by atoms with Crippen molar-refractivity contribution in [1.29, 1.82) is 0 Å². The van der Waals surface area contributed by atoms with Gasteiger partial charge in [0.2, 0.25) is 0 Å². The Labute approximate surface area is 204 Å². The Balaban J connectivity index is 1.07. The molecule has 4 fully saturated rings. The van der Waals surface area contributed by atoms with E-state index in [0.717, 1.165) is 13.0 Å². The molecule has 34 heavy (non-hydrogen) atoms. The lowest BCUT2D eigenvalue weighted by molar-refractivity contribution is -0.195. The number of hydrogen-bond acceptors (Lipinski definition) is 8. The largest absolute Gasteiger partial charge is 0.457 e. The molecule has 0 bridgehead atoms. The van der Waals surface area contributed by atoms with E-state index in [1.54, 1.807) is 0 Å². The summed E-state index contributed by atoms with van der Waals surface area (Å²) < 4.78 is 41.4. The van der Waals surface area contributed by atoms with E-state index in [4.69, 9.17) is 33.2 Å². The van der Waals surface area contributed by atoms with E-state index in [1.807, 2.05) is 0 Å². The van der Waals surface area contributed by atoms with Crippen LogP contribution in [0.25, 0.3) is 0 Å². The van der Waals surface area contributed by atoms with E-state index in [0.29, 0.717) is 26.2 Å². The molecule has 4 aliphatic heterocycles. The fraction of sp³-hybridized carbons (Fsp3) is 0.962. The molecule has 8 atom stereocenters. The van der Waals surface area contributed by atoms with Gasteiger partial charge in [-0.15, -0.1) is 0 Å². The van der Waals surface area contributed by atoms with Crippen LogP contribution in [0.15, 0.2) is 0 Å². The Hall–Kier alpha value is -0.770. The second-order valence-electron chi connectivity index (χ2n) is 10.1. The predicted octanol–water partition coefficient (Wildman–Crippen LogP) is 3.92. The topological polar surface area (TPSA) is 81.7 Å². The molecule has 0 aromatic carbocycles. The van der Waals surface area contributed by atoms with E-state index in [-0.39, 0.29) is 48.7 Å². The number of carbonyl (C=O) groups excluding carboxylic acids is 1. The van der Waals surface area contributed by atoms with Crippen LogP contribution in [-0.4, -0.2) is 81.4 Å². The maximum atomic E-state index is 11.3. The van der Waals surface area contributed by atoms with Crippen LogP contribution < -0.4 is 0 Å². The van der Waals surface area contributed by atoms with Gasteiger partial charge in [-0.3, -0.25) is 4.79 Å². The molecule has 0 aromatic rings. The molecule has 8 heteroatoms. The van der Waals surface area contributed by atoms with Crippen LogP contribution in [0, 0.1) is 0 Å². The fourth-order valence-electron chi connectivity index (χ4n) is 5.56. The van der Waals surface area contributed by atoms with Crippen LogP contribution in [-0.2, 0) is 38.0 Å². The number of unbranched alkanes of at least 4 members (excludes halogenated alkanes) is 9. The number of fused-ring (bicyclic) bond motifs is 2. The summed E-state index contributed by atoms with van der Waals surface area (Å²) in [5, 5.41) is 0. The molecule has 0 radical (unpaired) electrons. The van der Waals surface area contributed by atoms with Gasteiger partial charge in [0.05, 0.1) is 25.9 Å². The van der Waals surface area contributed by atoms with Crippen molar-refractivity contribution in [2.45, 2.75) is 133 Å². The van der Waals surface area contributed by atoms with Gasteiger partial charge in [0, 0.05) is 20.0 Å². The van der Waals surface area contributed by atoms with E-state index in [1.165, 1.54) is 64.7 Å². The van der Waals surface area contributed by atoms with Gasteiger partial charge in [-0.1, -0.05) is 64.7 Å². The smallest absolute Gasteiger partial charge is 0.303 e. The Morgan fingerprint density at radius 1 is 0.765 bits per heavy atom. The van der Waals surface area contributed by atoms with Gasteiger partial charge < -0.3 is 33.2 Å². The first-order valence-electron chi connectivity index (χ1n) is 13.6. The Kier molecular flexibility index (Phi) is 10.5. The normalized spacial score (nSPS) is 36.6. The fourth-order valence-corrected chi connectivity index (χ4v) is 5.56. The van der Waals surface area contributed by atoms with E-state index >= 15 is 0 Å². The highest BCUT2D eigenvalue weighted by atomic mass is 16.7. The summed E-state index contributed by atoms with van der Waals surface area (Å²) in [4.78, 5) is 11.3. The third-order valence-electron chi connectivity index (χ3n) is 7.38. The molecule has 0 spiro atoms. The zero-order chi connectivity index (χ0) is 23.8. The molecule has 4 aliphatic rings. The quantitative estimate of drug-likeness (QED) is 0.256. The first-order valence-corrected chi connectivity index (χ1v) is 13.6. The average molecular weight is 485 g/mol. The van der Waals surface area contributed by atoms with Crippen molar-refractivity contribution in [2.75, 3.05) is 26.4 Å². The summed E-state index contributed by atoms with van der Waals surface area (Å²) >= 11 is 0.